The van der Waals surface area contributed by atoms with Crippen molar-refractivity contribution in [1.29, 1.82) is 0 Å². The van der Waals surface area contributed by atoms with Gasteiger partial charge in [0, 0.05) is 35.1 Å². The summed E-state index contributed by atoms with van der Waals surface area (Å²) < 4.78 is 9.01. The predicted octanol–water partition coefficient (Wildman–Crippen LogP) is 3.28. The van der Waals surface area contributed by atoms with Gasteiger partial charge in [-0.1, -0.05) is 15.9 Å². The number of hydrogen-bond acceptors (Lipinski definition) is 6. The summed E-state index contributed by atoms with van der Waals surface area (Å²) >= 11 is 7.11. The lowest BCUT2D eigenvalue weighted by Gasteiger charge is -2.28. The van der Waals surface area contributed by atoms with Crippen molar-refractivity contribution >= 4 is 55.9 Å². The molecule has 1 aliphatic heterocycles. The van der Waals surface area contributed by atoms with E-state index in [1.54, 1.807) is 12.3 Å². The van der Waals surface area contributed by atoms with E-state index in [2.05, 4.69) is 63.6 Å². The van der Waals surface area contributed by atoms with Crippen LogP contribution in [0.3, 0.4) is 0 Å². The molecule has 4 rings (SSSR count). The number of anilines is 1. The highest BCUT2D eigenvalue weighted by molar-refractivity contribution is 9.11. The minimum absolute atomic E-state index is 0. The van der Waals surface area contributed by atoms with E-state index in [4.69, 9.17) is 4.74 Å². The number of hydrogen-bond donors (Lipinski definition) is 3. The van der Waals surface area contributed by atoms with Crippen molar-refractivity contribution in [2.45, 2.75) is 18.9 Å². The van der Waals surface area contributed by atoms with Gasteiger partial charge in [-0.2, -0.15) is 14.6 Å². The number of halogens is 3. The molecule has 0 saturated heterocycles. The molecule has 1 aliphatic rings. The number of aromatic amines is 1. The molecular formula is C17H19Br2ClN6O2. The summed E-state index contributed by atoms with van der Waals surface area (Å²) in [6.45, 7) is 2.22. The maximum atomic E-state index is 11.9. The summed E-state index contributed by atoms with van der Waals surface area (Å²) in [5.41, 5.74) is 1.38. The van der Waals surface area contributed by atoms with E-state index >= 15 is 0 Å². The SMILES string of the molecule is Cl.O=c1[nH]c(NCCCN[C@@H]2CCOc3c(Br)cc(Br)cc32)nc2ccnn12. The van der Waals surface area contributed by atoms with E-state index in [0.717, 1.165) is 39.6 Å². The highest BCUT2D eigenvalue weighted by Gasteiger charge is 2.23. The van der Waals surface area contributed by atoms with Crippen LogP contribution in [0.5, 0.6) is 5.75 Å². The average molecular weight is 535 g/mol. The van der Waals surface area contributed by atoms with E-state index in [9.17, 15) is 4.79 Å². The summed E-state index contributed by atoms with van der Waals surface area (Å²) in [6.07, 6.45) is 3.36. The summed E-state index contributed by atoms with van der Waals surface area (Å²) in [5, 5.41) is 10.6. The molecular weight excluding hydrogens is 515 g/mol. The van der Waals surface area contributed by atoms with Crippen molar-refractivity contribution in [1.82, 2.24) is 24.9 Å². The second kappa shape index (κ2) is 9.25. The Morgan fingerprint density at radius 2 is 2.18 bits per heavy atom. The second-order valence-corrected chi connectivity index (χ2v) is 7.99. The van der Waals surface area contributed by atoms with Crippen molar-refractivity contribution < 1.29 is 4.74 Å². The summed E-state index contributed by atoms with van der Waals surface area (Å²) in [4.78, 5) is 18.9. The number of ether oxygens (including phenoxy) is 1. The molecule has 0 spiro atoms. The maximum absolute atomic E-state index is 11.9. The molecule has 3 aromatic rings. The number of aromatic nitrogens is 4. The van der Waals surface area contributed by atoms with E-state index in [1.807, 2.05) is 6.07 Å². The van der Waals surface area contributed by atoms with Gasteiger partial charge < -0.3 is 15.4 Å². The number of benzene rings is 1. The van der Waals surface area contributed by atoms with Gasteiger partial charge in [0.05, 0.1) is 17.3 Å². The Kier molecular flexibility index (Phi) is 6.97. The first-order chi connectivity index (χ1) is 13.1. The average Bonchev–Trinajstić information content (AvgIpc) is 3.11. The lowest BCUT2D eigenvalue weighted by molar-refractivity contribution is 0.251. The fourth-order valence-corrected chi connectivity index (χ4v) is 4.50. The molecule has 11 heteroatoms. The molecule has 0 aliphatic carbocycles. The Bertz CT molecular complexity index is 1020. The van der Waals surface area contributed by atoms with E-state index in [0.29, 0.717) is 24.7 Å². The van der Waals surface area contributed by atoms with Crippen molar-refractivity contribution in [3.05, 3.63) is 49.4 Å². The lowest BCUT2D eigenvalue weighted by Crippen LogP contribution is -2.29. The van der Waals surface area contributed by atoms with Crippen LogP contribution in [0.1, 0.15) is 24.4 Å². The van der Waals surface area contributed by atoms with Crippen LogP contribution in [-0.4, -0.2) is 39.3 Å². The fraction of sp³-hybridized carbons (Fsp3) is 0.353. The van der Waals surface area contributed by atoms with Gasteiger partial charge >= 0.3 is 5.69 Å². The third-order valence-corrected chi connectivity index (χ3v) is 5.42. The predicted molar refractivity (Wildman–Crippen MR) is 117 cm³/mol. The second-order valence-electron chi connectivity index (χ2n) is 6.22. The Morgan fingerprint density at radius 3 is 3.04 bits per heavy atom. The molecule has 2 aromatic heterocycles. The lowest BCUT2D eigenvalue weighted by atomic mass is 10.0. The molecule has 0 amide bonds. The number of nitrogens with zero attached hydrogens (tertiary/aromatic N) is 3. The molecule has 0 unspecified atom stereocenters. The van der Waals surface area contributed by atoms with Crippen LogP contribution >= 0.6 is 44.3 Å². The molecule has 0 radical (unpaired) electrons. The molecule has 0 bridgehead atoms. The third kappa shape index (κ3) is 4.51. The van der Waals surface area contributed by atoms with Crippen molar-refractivity contribution in [2.75, 3.05) is 25.0 Å². The van der Waals surface area contributed by atoms with Crippen molar-refractivity contribution in [3.63, 3.8) is 0 Å². The number of rotatable bonds is 6. The first-order valence-electron chi connectivity index (χ1n) is 8.65. The van der Waals surface area contributed by atoms with E-state index in [-0.39, 0.29) is 24.1 Å². The molecule has 1 atom stereocenters. The maximum Gasteiger partial charge on any atom is 0.350 e. The zero-order valence-corrected chi connectivity index (χ0v) is 18.7. The summed E-state index contributed by atoms with van der Waals surface area (Å²) in [5.74, 6) is 1.37. The van der Waals surface area contributed by atoms with Crippen LogP contribution in [0.15, 0.2) is 38.1 Å². The highest BCUT2D eigenvalue weighted by atomic mass is 79.9. The number of nitrogens with one attached hydrogen (secondary N) is 3. The molecule has 8 nitrogen and oxygen atoms in total. The third-order valence-electron chi connectivity index (χ3n) is 4.37. The zero-order chi connectivity index (χ0) is 18.8. The monoisotopic (exact) mass is 532 g/mol. The van der Waals surface area contributed by atoms with E-state index in [1.165, 1.54) is 4.52 Å². The van der Waals surface area contributed by atoms with Crippen molar-refractivity contribution in [2.24, 2.45) is 0 Å². The normalized spacial score (nSPS) is 15.6. The van der Waals surface area contributed by atoms with Gasteiger partial charge in [0.2, 0.25) is 5.95 Å². The smallest absolute Gasteiger partial charge is 0.350 e. The number of H-pyrrole nitrogens is 1. The van der Waals surface area contributed by atoms with Crippen LogP contribution in [0, 0.1) is 0 Å². The van der Waals surface area contributed by atoms with Gasteiger partial charge in [-0.3, -0.25) is 4.98 Å². The summed E-state index contributed by atoms with van der Waals surface area (Å²) in [6, 6.07) is 6.05. The molecule has 0 fully saturated rings. The summed E-state index contributed by atoms with van der Waals surface area (Å²) in [7, 11) is 0. The molecule has 3 N–H and O–H groups in total. The Hall–Kier alpha value is -1.62. The van der Waals surface area contributed by atoms with Gasteiger partial charge in [0.15, 0.2) is 5.65 Å². The molecule has 1 aromatic carbocycles. The van der Waals surface area contributed by atoms with Crippen LogP contribution in [-0.2, 0) is 0 Å². The standard InChI is InChI=1S/C17H18Br2N6O2.ClH/c18-10-8-11-13(3-7-27-15(11)12(19)9-10)20-4-1-5-21-16-23-14-2-6-22-25(14)17(26)24-16;/h2,6,8-9,13,20H,1,3-5,7H2,(H2,21,23,24,26);1H/t13-;/m1./s1. The van der Waals surface area contributed by atoms with Gasteiger partial charge in [-0.05, 0) is 41.0 Å². The van der Waals surface area contributed by atoms with E-state index < -0.39 is 0 Å². The Labute approximate surface area is 184 Å². The molecule has 28 heavy (non-hydrogen) atoms. The zero-order valence-electron chi connectivity index (χ0n) is 14.7. The van der Waals surface area contributed by atoms with Crippen LogP contribution in [0.25, 0.3) is 5.65 Å². The topological polar surface area (TPSA) is 96.3 Å². The quantitative estimate of drug-likeness (QED) is 0.420. The van der Waals surface area contributed by atoms with Crippen LogP contribution in [0.2, 0.25) is 0 Å². The Balaban J connectivity index is 0.00000225. The first kappa shape index (κ1) is 21.1. The minimum atomic E-state index is -0.305. The molecule has 3 heterocycles. The fourth-order valence-electron chi connectivity index (χ4n) is 3.13. The highest BCUT2D eigenvalue weighted by Crippen LogP contribution is 2.40. The van der Waals surface area contributed by atoms with Gasteiger partial charge in [-0.15, -0.1) is 12.4 Å². The number of fused-ring (bicyclic) bond motifs is 2. The minimum Gasteiger partial charge on any atom is -0.492 e. The molecule has 150 valence electrons. The molecule has 0 saturated carbocycles. The Morgan fingerprint density at radius 1 is 1.32 bits per heavy atom. The van der Waals surface area contributed by atoms with Crippen LogP contribution in [0.4, 0.5) is 5.95 Å². The van der Waals surface area contributed by atoms with Gasteiger partial charge in [-0.25, -0.2) is 4.79 Å². The van der Waals surface area contributed by atoms with Gasteiger partial charge in [0.1, 0.15) is 5.75 Å². The van der Waals surface area contributed by atoms with Gasteiger partial charge in [0.25, 0.3) is 0 Å². The largest absolute Gasteiger partial charge is 0.492 e. The van der Waals surface area contributed by atoms with Crippen molar-refractivity contribution in [3.8, 4) is 5.75 Å². The first-order valence-corrected chi connectivity index (χ1v) is 10.2. The van der Waals surface area contributed by atoms with Crippen LogP contribution < -0.4 is 21.1 Å².